The van der Waals surface area contributed by atoms with Crippen molar-refractivity contribution in [3.63, 3.8) is 0 Å². The first-order valence-corrected chi connectivity index (χ1v) is 10.1. The molecule has 2 N–H and O–H groups in total. The van der Waals surface area contributed by atoms with Crippen molar-refractivity contribution in [1.29, 1.82) is 0 Å². The molecule has 3 rings (SSSR count). The standard InChI is InChI=1S/C18H24N4O3S/c1-13-17(14(2)21-26(24,25)20-13)10-18(23)19-16-8-9-22(12-16)11-15-6-4-3-5-7-15/h3-7,16,20H,8-12H2,1-2H3,(H,19,23)/t16-/m1/s1. The maximum atomic E-state index is 12.4. The van der Waals surface area contributed by atoms with Crippen LogP contribution in [-0.2, 0) is 21.5 Å². The number of carbonyl (C=O) groups excluding carboxylic acids is 1. The number of hydrogen-bond donors (Lipinski definition) is 2. The lowest BCUT2D eigenvalue weighted by Crippen LogP contribution is -2.38. The summed E-state index contributed by atoms with van der Waals surface area (Å²) in [4.78, 5) is 14.7. The number of amides is 1. The van der Waals surface area contributed by atoms with E-state index in [0.29, 0.717) is 17.0 Å². The Hall–Kier alpha value is -2.19. The van der Waals surface area contributed by atoms with Crippen LogP contribution in [0.5, 0.6) is 0 Å². The van der Waals surface area contributed by atoms with Crippen molar-refractivity contribution in [2.45, 2.75) is 39.3 Å². The monoisotopic (exact) mass is 376 g/mol. The van der Waals surface area contributed by atoms with Crippen LogP contribution in [0.25, 0.3) is 0 Å². The highest BCUT2D eigenvalue weighted by Gasteiger charge is 2.26. The fourth-order valence-electron chi connectivity index (χ4n) is 3.42. The van der Waals surface area contributed by atoms with Gasteiger partial charge in [-0.3, -0.25) is 14.4 Å². The minimum Gasteiger partial charge on any atom is -0.352 e. The van der Waals surface area contributed by atoms with E-state index in [2.05, 4.69) is 31.5 Å². The van der Waals surface area contributed by atoms with Crippen molar-refractivity contribution in [2.24, 2.45) is 4.40 Å². The molecule has 8 heteroatoms. The van der Waals surface area contributed by atoms with Crippen molar-refractivity contribution in [2.75, 3.05) is 13.1 Å². The molecule has 0 saturated carbocycles. The van der Waals surface area contributed by atoms with Crippen molar-refractivity contribution in [3.05, 3.63) is 47.2 Å². The van der Waals surface area contributed by atoms with Gasteiger partial charge < -0.3 is 5.32 Å². The van der Waals surface area contributed by atoms with E-state index in [1.165, 1.54) is 5.56 Å². The Morgan fingerprint density at radius 1 is 1.31 bits per heavy atom. The van der Waals surface area contributed by atoms with Crippen molar-refractivity contribution in [1.82, 2.24) is 14.9 Å². The lowest BCUT2D eigenvalue weighted by atomic mass is 10.1. The van der Waals surface area contributed by atoms with Gasteiger partial charge >= 0.3 is 10.2 Å². The molecule has 0 unspecified atom stereocenters. The Morgan fingerprint density at radius 3 is 2.73 bits per heavy atom. The molecule has 2 aliphatic heterocycles. The van der Waals surface area contributed by atoms with Crippen LogP contribution in [0.2, 0.25) is 0 Å². The average Bonchev–Trinajstić information content (AvgIpc) is 2.98. The summed E-state index contributed by atoms with van der Waals surface area (Å²) >= 11 is 0. The first-order valence-electron chi connectivity index (χ1n) is 8.67. The van der Waals surface area contributed by atoms with E-state index in [1.807, 2.05) is 18.2 Å². The third-order valence-electron chi connectivity index (χ3n) is 4.65. The second-order valence-electron chi connectivity index (χ2n) is 6.81. The topological polar surface area (TPSA) is 90.9 Å². The summed E-state index contributed by atoms with van der Waals surface area (Å²) in [5, 5.41) is 3.06. The molecule has 2 aliphatic rings. The molecular weight excluding hydrogens is 352 g/mol. The van der Waals surface area contributed by atoms with E-state index in [4.69, 9.17) is 0 Å². The van der Waals surface area contributed by atoms with Crippen LogP contribution >= 0.6 is 0 Å². The third kappa shape index (κ3) is 4.70. The molecule has 0 aromatic heterocycles. The molecule has 1 fully saturated rings. The van der Waals surface area contributed by atoms with Gasteiger partial charge in [0.1, 0.15) is 0 Å². The molecule has 2 heterocycles. The first-order chi connectivity index (χ1) is 12.3. The van der Waals surface area contributed by atoms with Gasteiger partial charge in [-0.1, -0.05) is 30.3 Å². The molecule has 140 valence electrons. The van der Waals surface area contributed by atoms with Gasteiger partial charge in [-0.2, -0.15) is 8.42 Å². The summed E-state index contributed by atoms with van der Waals surface area (Å²) < 4.78 is 29.0. The molecule has 1 aromatic carbocycles. The van der Waals surface area contributed by atoms with Crippen molar-refractivity contribution < 1.29 is 13.2 Å². The van der Waals surface area contributed by atoms with E-state index >= 15 is 0 Å². The minimum absolute atomic E-state index is 0.110. The zero-order valence-electron chi connectivity index (χ0n) is 15.0. The summed E-state index contributed by atoms with van der Waals surface area (Å²) in [6.45, 7) is 5.91. The minimum atomic E-state index is -3.67. The summed E-state index contributed by atoms with van der Waals surface area (Å²) in [6.07, 6.45) is 1.04. The summed E-state index contributed by atoms with van der Waals surface area (Å²) in [5.41, 5.74) is 2.73. The SMILES string of the molecule is CC1=NS(=O)(=O)NC(C)=C1CC(=O)N[C@@H]1CCN(Cc2ccccc2)C1. The molecule has 0 radical (unpaired) electrons. The van der Waals surface area contributed by atoms with Crippen LogP contribution in [0.4, 0.5) is 0 Å². The number of benzene rings is 1. The summed E-state index contributed by atoms with van der Waals surface area (Å²) in [6, 6.07) is 10.4. The highest BCUT2D eigenvalue weighted by molar-refractivity contribution is 7.88. The van der Waals surface area contributed by atoms with E-state index in [1.54, 1.807) is 13.8 Å². The largest absolute Gasteiger partial charge is 0.352 e. The van der Waals surface area contributed by atoms with E-state index in [9.17, 15) is 13.2 Å². The van der Waals surface area contributed by atoms with Gasteiger partial charge in [0.05, 0.1) is 12.1 Å². The molecule has 0 bridgehead atoms. The van der Waals surface area contributed by atoms with Gasteiger partial charge in [0.15, 0.2) is 0 Å². The highest BCUT2D eigenvalue weighted by atomic mass is 32.2. The fourth-order valence-corrected chi connectivity index (χ4v) is 4.45. The van der Waals surface area contributed by atoms with Crippen LogP contribution in [0.1, 0.15) is 32.3 Å². The van der Waals surface area contributed by atoms with E-state index in [-0.39, 0.29) is 18.4 Å². The summed E-state index contributed by atoms with van der Waals surface area (Å²) in [5.74, 6) is -0.110. The van der Waals surface area contributed by atoms with E-state index < -0.39 is 10.2 Å². The van der Waals surface area contributed by atoms with Crippen LogP contribution in [0.15, 0.2) is 46.0 Å². The second-order valence-corrected chi connectivity index (χ2v) is 8.14. The number of rotatable bonds is 5. The first kappa shape index (κ1) is 18.6. The number of nitrogens with one attached hydrogen (secondary N) is 2. The normalized spacial score (nSPS) is 22.7. The quantitative estimate of drug-likeness (QED) is 0.812. The Kier molecular flexibility index (Phi) is 5.43. The smallest absolute Gasteiger partial charge is 0.342 e. The molecule has 7 nitrogen and oxygen atoms in total. The highest BCUT2D eigenvalue weighted by Crippen LogP contribution is 2.18. The zero-order valence-corrected chi connectivity index (χ0v) is 15.8. The van der Waals surface area contributed by atoms with Crippen molar-refractivity contribution >= 4 is 21.8 Å². The Bertz CT molecular complexity index is 846. The zero-order chi connectivity index (χ0) is 18.7. The number of nitrogens with zero attached hydrogens (tertiary/aromatic N) is 2. The maximum Gasteiger partial charge on any atom is 0.342 e. The Morgan fingerprint density at radius 2 is 2.04 bits per heavy atom. The van der Waals surface area contributed by atoms with Crippen LogP contribution in [0.3, 0.4) is 0 Å². The average molecular weight is 376 g/mol. The Balaban J connectivity index is 1.52. The molecule has 0 aliphatic carbocycles. The van der Waals surface area contributed by atoms with E-state index in [0.717, 1.165) is 26.1 Å². The molecule has 1 amide bonds. The van der Waals surface area contributed by atoms with Gasteiger partial charge in [-0.25, -0.2) is 0 Å². The number of carbonyl (C=O) groups is 1. The predicted octanol–water partition coefficient (Wildman–Crippen LogP) is 1.35. The molecule has 0 spiro atoms. The van der Waals surface area contributed by atoms with Gasteiger partial charge in [0, 0.05) is 36.9 Å². The number of allylic oxidation sites excluding steroid dienone is 1. The lowest BCUT2D eigenvalue weighted by Gasteiger charge is -2.19. The molecule has 1 aromatic rings. The summed E-state index contributed by atoms with van der Waals surface area (Å²) in [7, 11) is -3.67. The Labute approximate surface area is 154 Å². The van der Waals surface area contributed by atoms with Crippen molar-refractivity contribution in [3.8, 4) is 0 Å². The molecular formula is C18H24N4O3S. The molecule has 26 heavy (non-hydrogen) atoms. The van der Waals surface area contributed by atoms with Gasteiger partial charge in [0.2, 0.25) is 5.91 Å². The predicted molar refractivity (Wildman–Crippen MR) is 101 cm³/mol. The fraction of sp³-hybridized carbons (Fsp3) is 0.444. The number of likely N-dealkylation sites (tertiary alicyclic amines) is 1. The number of hydrogen-bond acceptors (Lipinski definition) is 4. The van der Waals surface area contributed by atoms with Gasteiger partial charge in [-0.05, 0) is 25.8 Å². The molecule has 1 saturated heterocycles. The van der Waals surface area contributed by atoms with Gasteiger partial charge in [0.25, 0.3) is 0 Å². The lowest BCUT2D eigenvalue weighted by molar-refractivity contribution is -0.121. The second kappa shape index (κ2) is 7.59. The van der Waals surface area contributed by atoms with Crippen LogP contribution in [-0.4, -0.2) is 44.1 Å². The third-order valence-corrected chi connectivity index (χ3v) is 5.73. The maximum absolute atomic E-state index is 12.4. The van der Waals surface area contributed by atoms with Crippen LogP contribution in [0, 0.1) is 0 Å². The molecule has 1 atom stereocenters. The van der Waals surface area contributed by atoms with Gasteiger partial charge in [-0.15, -0.1) is 4.40 Å². The van der Waals surface area contributed by atoms with Crippen LogP contribution < -0.4 is 10.0 Å².